The van der Waals surface area contributed by atoms with Crippen LogP contribution in [-0.4, -0.2) is 5.91 Å². The largest absolute Gasteiger partial charge is 0.326 e. The molecule has 1 aromatic carbocycles. The highest BCUT2D eigenvalue weighted by Crippen LogP contribution is 2.20. The van der Waals surface area contributed by atoms with E-state index >= 15 is 0 Å². The van der Waals surface area contributed by atoms with Crippen molar-refractivity contribution in [2.45, 2.75) is 27.7 Å². The van der Waals surface area contributed by atoms with Gasteiger partial charge in [-0.3, -0.25) is 4.79 Å². The Balaban J connectivity index is 3.03. The minimum absolute atomic E-state index is 0.0398. The minimum atomic E-state index is -0.0398. The van der Waals surface area contributed by atoms with Crippen LogP contribution in [0.5, 0.6) is 0 Å². The Hall–Kier alpha value is -1.57. The van der Waals surface area contributed by atoms with Gasteiger partial charge in [0, 0.05) is 12.6 Å². The van der Waals surface area contributed by atoms with Crippen LogP contribution in [0.4, 0.5) is 5.69 Å². The first-order chi connectivity index (χ1) is 7.00. The number of carbonyl (C=O) groups excluding carboxylic acids is 1. The van der Waals surface area contributed by atoms with Crippen molar-refractivity contribution in [3.05, 3.63) is 35.4 Å². The molecule has 0 atom stereocenters. The lowest BCUT2D eigenvalue weighted by Gasteiger charge is -2.07. The molecule has 2 heteroatoms. The molecular formula is C13H17NO. The first kappa shape index (κ1) is 11.5. The zero-order valence-corrected chi connectivity index (χ0v) is 9.72. The van der Waals surface area contributed by atoms with E-state index in [0.717, 1.165) is 11.3 Å². The molecule has 0 aliphatic carbocycles. The summed E-state index contributed by atoms with van der Waals surface area (Å²) in [5.74, 6) is -0.0398. The lowest BCUT2D eigenvalue weighted by Crippen LogP contribution is -2.05. The molecule has 2 nitrogen and oxygen atoms in total. The maximum absolute atomic E-state index is 10.9. The van der Waals surface area contributed by atoms with E-state index in [1.165, 1.54) is 18.1 Å². The molecule has 1 aromatic rings. The van der Waals surface area contributed by atoms with Gasteiger partial charge in [-0.1, -0.05) is 17.7 Å². The predicted molar refractivity (Wildman–Crippen MR) is 64.7 cm³/mol. The average Bonchev–Trinajstić information content (AvgIpc) is 2.16. The Labute approximate surface area is 91.0 Å². The fourth-order valence-corrected chi connectivity index (χ4v) is 1.32. The van der Waals surface area contributed by atoms with E-state index in [2.05, 4.69) is 26.1 Å². The van der Waals surface area contributed by atoms with Crippen LogP contribution in [0.3, 0.4) is 0 Å². The summed E-state index contributed by atoms with van der Waals surface area (Å²) >= 11 is 0. The summed E-state index contributed by atoms with van der Waals surface area (Å²) in [5, 5.41) is 2.78. The summed E-state index contributed by atoms with van der Waals surface area (Å²) in [7, 11) is 0. The summed E-state index contributed by atoms with van der Waals surface area (Å²) in [6.45, 7) is 7.77. The van der Waals surface area contributed by atoms with Crippen LogP contribution in [0.25, 0.3) is 5.57 Å². The quantitative estimate of drug-likeness (QED) is 0.783. The predicted octanol–water partition coefficient (Wildman–Crippen LogP) is 3.46. The van der Waals surface area contributed by atoms with Crippen LogP contribution in [0.1, 0.15) is 33.3 Å². The molecule has 0 saturated heterocycles. The van der Waals surface area contributed by atoms with Crippen molar-refractivity contribution < 1.29 is 4.79 Å². The lowest BCUT2D eigenvalue weighted by molar-refractivity contribution is -0.114. The topological polar surface area (TPSA) is 29.1 Å². The number of anilines is 1. The second-order valence-corrected chi connectivity index (χ2v) is 3.89. The van der Waals surface area contributed by atoms with E-state index in [4.69, 9.17) is 0 Å². The standard InChI is InChI=1S/C13H17NO/c1-9(2)10(3)12-6-5-7-13(8-12)14-11(4)15/h5-8H,1-4H3,(H,14,15). The van der Waals surface area contributed by atoms with E-state index in [1.54, 1.807) is 0 Å². The Kier molecular flexibility index (Phi) is 3.67. The van der Waals surface area contributed by atoms with Crippen LogP contribution in [-0.2, 0) is 4.79 Å². The maximum atomic E-state index is 10.9. The van der Waals surface area contributed by atoms with Gasteiger partial charge < -0.3 is 5.32 Å². The van der Waals surface area contributed by atoms with Crippen LogP contribution in [0.2, 0.25) is 0 Å². The Morgan fingerprint density at radius 3 is 2.33 bits per heavy atom. The van der Waals surface area contributed by atoms with E-state index in [1.807, 2.05) is 24.3 Å². The Bertz CT molecular complexity index is 401. The number of hydrogen-bond donors (Lipinski definition) is 1. The van der Waals surface area contributed by atoms with Crippen molar-refractivity contribution in [1.82, 2.24) is 0 Å². The van der Waals surface area contributed by atoms with E-state index in [-0.39, 0.29) is 5.91 Å². The maximum Gasteiger partial charge on any atom is 0.221 e. The van der Waals surface area contributed by atoms with Crippen molar-refractivity contribution in [1.29, 1.82) is 0 Å². The molecule has 0 radical (unpaired) electrons. The number of allylic oxidation sites excluding steroid dienone is 2. The highest BCUT2D eigenvalue weighted by atomic mass is 16.1. The molecule has 0 aliphatic rings. The number of amides is 1. The number of benzene rings is 1. The van der Waals surface area contributed by atoms with Crippen molar-refractivity contribution in [2.24, 2.45) is 0 Å². The van der Waals surface area contributed by atoms with E-state index < -0.39 is 0 Å². The second-order valence-electron chi connectivity index (χ2n) is 3.89. The molecule has 1 N–H and O–H groups in total. The molecule has 0 bridgehead atoms. The molecular weight excluding hydrogens is 186 g/mol. The normalized spacial score (nSPS) is 9.60. The number of hydrogen-bond acceptors (Lipinski definition) is 1. The third-order valence-corrected chi connectivity index (χ3v) is 2.37. The second kappa shape index (κ2) is 4.78. The van der Waals surface area contributed by atoms with E-state index in [9.17, 15) is 4.79 Å². The molecule has 80 valence electrons. The molecule has 1 amide bonds. The average molecular weight is 203 g/mol. The first-order valence-electron chi connectivity index (χ1n) is 5.03. The van der Waals surface area contributed by atoms with Crippen LogP contribution in [0.15, 0.2) is 29.8 Å². The van der Waals surface area contributed by atoms with Crippen molar-refractivity contribution in [3.63, 3.8) is 0 Å². The SMILES string of the molecule is CC(=O)Nc1cccc(C(C)=C(C)C)c1. The van der Waals surface area contributed by atoms with Gasteiger partial charge in [0.25, 0.3) is 0 Å². The molecule has 0 aliphatic heterocycles. The molecule has 0 unspecified atom stereocenters. The fourth-order valence-electron chi connectivity index (χ4n) is 1.32. The lowest BCUT2D eigenvalue weighted by atomic mass is 10.0. The third kappa shape index (κ3) is 3.24. The summed E-state index contributed by atoms with van der Waals surface area (Å²) < 4.78 is 0. The fraction of sp³-hybridized carbons (Fsp3) is 0.308. The number of carbonyl (C=O) groups is 1. The van der Waals surface area contributed by atoms with Gasteiger partial charge in [-0.2, -0.15) is 0 Å². The van der Waals surface area contributed by atoms with Gasteiger partial charge in [-0.05, 0) is 44.0 Å². The Morgan fingerprint density at radius 1 is 1.13 bits per heavy atom. The minimum Gasteiger partial charge on any atom is -0.326 e. The molecule has 0 aromatic heterocycles. The van der Waals surface area contributed by atoms with Gasteiger partial charge in [0.15, 0.2) is 0 Å². The van der Waals surface area contributed by atoms with E-state index in [0.29, 0.717) is 0 Å². The molecule has 0 heterocycles. The zero-order chi connectivity index (χ0) is 11.4. The monoisotopic (exact) mass is 203 g/mol. The van der Waals surface area contributed by atoms with Gasteiger partial charge in [-0.25, -0.2) is 0 Å². The van der Waals surface area contributed by atoms with Crippen molar-refractivity contribution >= 4 is 17.2 Å². The molecule has 0 spiro atoms. The smallest absolute Gasteiger partial charge is 0.221 e. The first-order valence-corrected chi connectivity index (χ1v) is 5.03. The van der Waals surface area contributed by atoms with Crippen LogP contribution < -0.4 is 5.32 Å². The molecule has 0 fully saturated rings. The van der Waals surface area contributed by atoms with Gasteiger partial charge in [-0.15, -0.1) is 0 Å². The molecule has 15 heavy (non-hydrogen) atoms. The number of rotatable bonds is 2. The zero-order valence-electron chi connectivity index (χ0n) is 9.72. The number of nitrogens with one attached hydrogen (secondary N) is 1. The summed E-state index contributed by atoms with van der Waals surface area (Å²) in [5.41, 5.74) is 4.54. The van der Waals surface area contributed by atoms with Gasteiger partial charge in [0.05, 0.1) is 0 Å². The summed E-state index contributed by atoms with van der Waals surface area (Å²) in [6.07, 6.45) is 0. The van der Waals surface area contributed by atoms with Gasteiger partial charge in [0.2, 0.25) is 5.91 Å². The van der Waals surface area contributed by atoms with Crippen molar-refractivity contribution in [2.75, 3.05) is 5.32 Å². The van der Waals surface area contributed by atoms with Gasteiger partial charge >= 0.3 is 0 Å². The molecule has 1 rings (SSSR count). The highest BCUT2D eigenvalue weighted by molar-refractivity contribution is 5.89. The summed E-state index contributed by atoms with van der Waals surface area (Å²) in [6, 6.07) is 7.88. The van der Waals surface area contributed by atoms with Crippen LogP contribution in [0, 0.1) is 0 Å². The highest BCUT2D eigenvalue weighted by Gasteiger charge is 2.00. The third-order valence-electron chi connectivity index (χ3n) is 2.37. The summed E-state index contributed by atoms with van der Waals surface area (Å²) in [4.78, 5) is 10.9. The Morgan fingerprint density at radius 2 is 1.80 bits per heavy atom. The van der Waals surface area contributed by atoms with Crippen molar-refractivity contribution in [3.8, 4) is 0 Å². The van der Waals surface area contributed by atoms with Gasteiger partial charge in [0.1, 0.15) is 0 Å². The molecule has 0 saturated carbocycles. The van der Waals surface area contributed by atoms with Crippen LogP contribution >= 0.6 is 0 Å².